The van der Waals surface area contributed by atoms with Gasteiger partial charge in [-0.3, -0.25) is 14.7 Å². The zero-order valence-corrected chi connectivity index (χ0v) is 11.5. The van der Waals surface area contributed by atoms with Gasteiger partial charge in [0.2, 0.25) is 5.91 Å². The number of carbonyl (C=O) groups excluding carboxylic acids is 1. The monoisotopic (exact) mass is 263 g/mol. The molecule has 0 bridgehead atoms. The van der Waals surface area contributed by atoms with E-state index in [1.54, 1.807) is 12.4 Å². The van der Waals surface area contributed by atoms with Crippen LogP contribution in [0.2, 0.25) is 0 Å². The van der Waals surface area contributed by atoms with E-state index in [4.69, 9.17) is 0 Å². The zero-order valence-electron chi connectivity index (χ0n) is 11.5. The molecule has 5 heteroatoms. The predicted molar refractivity (Wildman–Crippen MR) is 72.4 cm³/mol. The van der Waals surface area contributed by atoms with Gasteiger partial charge in [-0.05, 0) is 32.0 Å². The van der Waals surface area contributed by atoms with Gasteiger partial charge in [0.25, 0.3) is 0 Å². The molecule has 2 unspecified atom stereocenters. The first-order chi connectivity index (χ1) is 9.13. The number of likely N-dealkylation sites (N-methyl/N-ethyl adjacent to an activating group) is 1. The molecule has 1 saturated heterocycles. The molecule has 19 heavy (non-hydrogen) atoms. The van der Waals surface area contributed by atoms with E-state index in [1.807, 2.05) is 29.0 Å². The highest BCUT2D eigenvalue weighted by Gasteiger charge is 2.33. The van der Waals surface area contributed by atoms with Gasteiger partial charge in [-0.25, -0.2) is 0 Å². The van der Waals surface area contributed by atoms with Crippen LogP contribution in [0, 0.1) is 0 Å². The van der Waals surface area contributed by atoms with E-state index in [2.05, 4.69) is 11.9 Å². The summed E-state index contributed by atoms with van der Waals surface area (Å²) in [5.74, 6) is -0.00166. The molecular weight excluding hydrogens is 242 g/mol. The molecular formula is C14H21N3O2. The SMILES string of the molecule is CC1CCN(Cc2cccnc2)C(=O)C(CO)N1C. The van der Waals surface area contributed by atoms with Crippen molar-refractivity contribution in [2.24, 2.45) is 0 Å². The Balaban J connectivity index is 2.14. The molecule has 0 saturated carbocycles. The Morgan fingerprint density at radius 1 is 1.53 bits per heavy atom. The third-order valence-corrected chi connectivity index (χ3v) is 3.87. The highest BCUT2D eigenvalue weighted by Crippen LogP contribution is 2.17. The molecule has 2 heterocycles. The lowest BCUT2D eigenvalue weighted by Gasteiger charge is -2.29. The maximum atomic E-state index is 12.4. The molecule has 1 fully saturated rings. The topological polar surface area (TPSA) is 56.7 Å². The van der Waals surface area contributed by atoms with Crippen molar-refractivity contribution in [3.8, 4) is 0 Å². The summed E-state index contributed by atoms with van der Waals surface area (Å²) in [5, 5.41) is 9.46. The van der Waals surface area contributed by atoms with Crippen LogP contribution in [0.1, 0.15) is 18.9 Å². The summed E-state index contributed by atoms with van der Waals surface area (Å²) < 4.78 is 0. The molecule has 1 amide bonds. The highest BCUT2D eigenvalue weighted by atomic mass is 16.3. The maximum absolute atomic E-state index is 12.4. The largest absolute Gasteiger partial charge is 0.394 e. The van der Waals surface area contributed by atoms with Crippen LogP contribution in [-0.4, -0.2) is 58.1 Å². The molecule has 1 aromatic rings. The number of aliphatic hydroxyl groups excluding tert-OH is 1. The molecule has 0 radical (unpaired) electrons. The van der Waals surface area contributed by atoms with Crippen molar-refractivity contribution in [3.05, 3.63) is 30.1 Å². The quantitative estimate of drug-likeness (QED) is 0.862. The highest BCUT2D eigenvalue weighted by molar-refractivity contribution is 5.82. The summed E-state index contributed by atoms with van der Waals surface area (Å²) in [6, 6.07) is 3.69. The summed E-state index contributed by atoms with van der Waals surface area (Å²) in [6.45, 7) is 3.23. The summed E-state index contributed by atoms with van der Waals surface area (Å²) in [7, 11) is 1.90. The first-order valence-corrected chi connectivity index (χ1v) is 6.64. The van der Waals surface area contributed by atoms with Crippen LogP contribution in [0.4, 0.5) is 0 Å². The van der Waals surface area contributed by atoms with E-state index in [9.17, 15) is 9.90 Å². The first-order valence-electron chi connectivity index (χ1n) is 6.64. The minimum atomic E-state index is -0.436. The fraction of sp³-hybridized carbons (Fsp3) is 0.571. The van der Waals surface area contributed by atoms with Crippen LogP contribution in [0.15, 0.2) is 24.5 Å². The van der Waals surface area contributed by atoms with Crippen molar-refractivity contribution in [2.45, 2.75) is 32.0 Å². The lowest BCUT2D eigenvalue weighted by atomic mass is 10.2. The predicted octanol–water partition coefficient (Wildman–Crippen LogP) is 0.495. The second-order valence-corrected chi connectivity index (χ2v) is 5.12. The van der Waals surface area contributed by atoms with Crippen LogP contribution in [0.25, 0.3) is 0 Å². The Morgan fingerprint density at radius 3 is 2.95 bits per heavy atom. The number of carbonyl (C=O) groups is 1. The molecule has 5 nitrogen and oxygen atoms in total. The lowest BCUT2D eigenvalue weighted by Crippen LogP contribution is -2.48. The molecule has 1 aromatic heterocycles. The normalized spacial score (nSPS) is 25.4. The maximum Gasteiger partial charge on any atom is 0.242 e. The number of aliphatic hydroxyl groups is 1. The molecule has 104 valence electrons. The molecule has 2 atom stereocenters. The number of pyridine rings is 1. The van der Waals surface area contributed by atoms with E-state index in [-0.39, 0.29) is 12.5 Å². The molecule has 0 aliphatic carbocycles. The number of rotatable bonds is 3. The van der Waals surface area contributed by atoms with E-state index in [0.717, 1.165) is 18.5 Å². The Labute approximate surface area is 113 Å². The fourth-order valence-electron chi connectivity index (χ4n) is 2.42. The Morgan fingerprint density at radius 2 is 2.32 bits per heavy atom. The van der Waals surface area contributed by atoms with Gasteiger partial charge in [0.15, 0.2) is 0 Å². The van der Waals surface area contributed by atoms with Crippen LogP contribution in [0.5, 0.6) is 0 Å². The number of aromatic nitrogens is 1. The fourth-order valence-corrected chi connectivity index (χ4v) is 2.42. The van der Waals surface area contributed by atoms with Crippen molar-refractivity contribution in [1.82, 2.24) is 14.8 Å². The van der Waals surface area contributed by atoms with Crippen molar-refractivity contribution in [3.63, 3.8) is 0 Å². The van der Waals surface area contributed by atoms with Crippen molar-refractivity contribution < 1.29 is 9.90 Å². The van der Waals surface area contributed by atoms with Gasteiger partial charge in [0.1, 0.15) is 6.04 Å². The van der Waals surface area contributed by atoms with Crippen LogP contribution in [0.3, 0.4) is 0 Å². The van der Waals surface area contributed by atoms with E-state index >= 15 is 0 Å². The second kappa shape index (κ2) is 6.12. The third kappa shape index (κ3) is 3.11. The van der Waals surface area contributed by atoms with Crippen LogP contribution in [-0.2, 0) is 11.3 Å². The molecule has 1 aliphatic rings. The number of hydrogen-bond acceptors (Lipinski definition) is 4. The van der Waals surface area contributed by atoms with Gasteiger partial charge in [-0.2, -0.15) is 0 Å². The number of amides is 1. The van der Waals surface area contributed by atoms with E-state index in [0.29, 0.717) is 12.6 Å². The van der Waals surface area contributed by atoms with Crippen molar-refractivity contribution in [2.75, 3.05) is 20.2 Å². The molecule has 1 N–H and O–H groups in total. The van der Waals surface area contributed by atoms with E-state index in [1.165, 1.54) is 0 Å². The Bertz CT molecular complexity index is 424. The van der Waals surface area contributed by atoms with Gasteiger partial charge in [0, 0.05) is 31.5 Å². The Kier molecular flexibility index (Phi) is 4.50. The van der Waals surface area contributed by atoms with Gasteiger partial charge >= 0.3 is 0 Å². The summed E-state index contributed by atoms with van der Waals surface area (Å²) in [6.07, 6.45) is 4.42. The standard InChI is InChI=1S/C14H21N3O2/c1-11-5-7-17(9-12-4-3-6-15-8-12)14(19)13(10-18)16(11)2/h3-4,6,8,11,13,18H,5,7,9-10H2,1-2H3. The smallest absolute Gasteiger partial charge is 0.242 e. The lowest BCUT2D eigenvalue weighted by molar-refractivity contribution is -0.137. The minimum absolute atomic E-state index is 0.00166. The van der Waals surface area contributed by atoms with Gasteiger partial charge in [-0.15, -0.1) is 0 Å². The van der Waals surface area contributed by atoms with Gasteiger partial charge in [-0.1, -0.05) is 6.07 Å². The van der Waals surface area contributed by atoms with Crippen molar-refractivity contribution in [1.29, 1.82) is 0 Å². The molecule has 2 rings (SSSR count). The zero-order chi connectivity index (χ0) is 13.8. The Hall–Kier alpha value is -1.46. The molecule has 0 spiro atoms. The number of nitrogens with zero attached hydrogens (tertiary/aromatic N) is 3. The summed E-state index contributed by atoms with van der Waals surface area (Å²) >= 11 is 0. The summed E-state index contributed by atoms with van der Waals surface area (Å²) in [5.41, 5.74) is 1.02. The van der Waals surface area contributed by atoms with E-state index < -0.39 is 6.04 Å². The van der Waals surface area contributed by atoms with Crippen LogP contribution < -0.4 is 0 Å². The van der Waals surface area contributed by atoms with Gasteiger partial charge < -0.3 is 10.0 Å². The first kappa shape index (κ1) is 14.0. The van der Waals surface area contributed by atoms with Crippen LogP contribution >= 0.6 is 0 Å². The summed E-state index contributed by atoms with van der Waals surface area (Å²) in [4.78, 5) is 20.3. The third-order valence-electron chi connectivity index (χ3n) is 3.87. The molecule has 1 aliphatic heterocycles. The average Bonchev–Trinajstić information content (AvgIpc) is 2.52. The minimum Gasteiger partial charge on any atom is -0.394 e. The van der Waals surface area contributed by atoms with Gasteiger partial charge in [0.05, 0.1) is 6.61 Å². The van der Waals surface area contributed by atoms with Crippen molar-refractivity contribution >= 4 is 5.91 Å². The molecule has 0 aromatic carbocycles. The average molecular weight is 263 g/mol. The number of hydrogen-bond donors (Lipinski definition) is 1. The second-order valence-electron chi connectivity index (χ2n) is 5.12.